The lowest BCUT2D eigenvalue weighted by molar-refractivity contribution is -0.113. The lowest BCUT2D eigenvalue weighted by Crippen LogP contribution is -2.48. The second-order valence-corrected chi connectivity index (χ2v) is 10.4. The number of carbonyl (C=O) groups is 1. The zero-order valence-corrected chi connectivity index (χ0v) is 17.7. The van der Waals surface area contributed by atoms with Crippen molar-refractivity contribution in [3.8, 4) is 0 Å². The van der Waals surface area contributed by atoms with Crippen LogP contribution in [0.1, 0.15) is 5.69 Å². The van der Waals surface area contributed by atoms with Gasteiger partial charge >= 0.3 is 0 Å². The number of hydrogen-bond acceptors (Lipinski definition) is 7. The predicted octanol–water partition coefficient (Wildman–Crippen LogP) is 2.26. The summed E-state index contributed by atoms with van der Waals surface area (Å²) < 4.78 is 25.6. The minimum Gasteiger partial charge on any atom is -0.369 e. The third-order valence-corrected chi connectivity index (χ3v) is 7.59. The number of anilines is 2. The molecule has 2 heterocycles. The first kappa shape index (κ1) is 20.1. The summed E-state index contributed by atoms with van der Waals surface area (Å²) in [7, 11) is -3.12. The number of thiazole rings is 1. The highest BCUT2D eigenvalue weighted by molar-refractivity contribution is 8.01. The average molecular weight is 427 g/mol. The van der Waals surface area contributed by atoms with Crippen LogP contribution in [0, 0.1) is 6.92 Å². The lowest BCUT2D eigenvalue weighted by Gasteiger charge is -2.34. The molecule has 3 rings (SSSR count). The lowest BCUT2D eigenvalue weighted by atomic mass is 10.2. The molecule has 2 aromatic rings. The van der Waals surface area contributed by atoms with Gasteiger partial charge in [-0.05, 0) is 31.2 Å². The van der Waals surface area contributed by atoms with E-state index in [1.54, 1.807) is 11.3 Å². The molecule has 7 nitrogen and oxygen atoms in total. The summed E-state index contributed by atoms with van der Waals surface area (Å²) >= 11 is 2.97. The van der Waals surface area contributed by atoms with Gasteiger partial charge in [-0.2, -0.15) is 4.31 Å². The Labute approximate surface area is 167 Å². The summed E-state index contributed by atoms with van der Waals surface area (Å²) in [6.45, 7) is 4.23. The Morgan fingerprint density at radius 3 is 2.44 bits per heavy atom. The summed E-state index contributed by atoms with van der Waals surface area (Å²) in [5.41, 5.74) is 2.74. The molecule has 1 N–H and O–H groups in total. The van der Waals surface area contributed by atoms with Crippen LogP contribution in [-0.4, -0.2) is 61.8 Å². The predicted molar refractivity (Wildman–Crippen MR) is 111 cm³/mol. The van der Waals surface area contributed by atoms with E-state index in [4.69, 9.17) is 0 Å². The number of hydrogen-bond donors (Lipinski definition) is 1. The Balaban J connectivity index is 1.49. The monoisotopic (exact) mass is 426 g/mol. The van der Waals surface area contributed by atoms with Crippen LogP contribution in [0.2, 0.25) is 0 Å². The molecule has 0 aliphatic carbocycles. The normalized spacial score (nSPS) is 15.7. The maximum Gasteiger partial charge on any atom is 0.234 e. The number of aryl methyl sites for hydroxylation is 1. The summed E-state index contributed by atoms with van der Waals surface area (Å²) in [5, 5.41) is 4.85. The van der Waals surface area contributed by atoms with Gasteiger partial charge in [0.05, 0.1) is 12.0 Å². The highest BCUT2D eigenvalue weighted by Gasteiger charge is 2.23. The SMILES string of the molecule is Cc1csc(SCC(=O)Nc2ccc(N3CCN(S(C)(=O)=O)CC3)cc2)n1. The number of carbonyl (C=O) groups excluding carboxylic acids is 1. The first-order valence-corrected chi connectivity index (χ1v) is 12.2. The molecule has 0 unspecified atom stereocenters. The molecule has 1 amide bonds. The largest absolute Gasteiger partial charge is 0.369 e. The van der Waals surface area contributed by atoms with Crippen molar-refractivity contribution in [2.75, 3.05) is 48.4 Å². The van der Waals surface area contributed by atoms with Gasteiger partial charge < -0.3 is 10.2 Å². The van der Waals surface area contributed by atoms with Crippen molar-refractivity contribution in [3.05, 3.63) is 35.3 Å². The molecular formula is C17H22N4O3S3. The maximum atomic E-state index is 12.1. The van der Waals surface area contributed by atoms with Gasteiger partial charge in [-0.1, -0.05) is 11.8 Å². The van der Waals surface area contributed by atoms with Crippen molar-refractivity contribution in [3.63, 3.8) is 0 Å². The van der Waals surface area contributed by atoms with Crippen molar-refractivity contribution in [2.45, 2.75) is 11.3 Å². The van der Waals surface area contributed by atoms with E-state index < -0.39 is 10.0 Å². The quantitative estimate of drug-likeness (QED) is 0.714. The van der Waals surface area contributed by atoms with E-state index in [2.05, 4.69) is 15.2 Å². The summed E-state index contributed by atoms with van der Waals surface area (Å²) in [6, 6.07) is 7.63. The highest BCUT2D eigenvalue weighted by atomic mass is 32.2. The maximum absolute atomic E-state index is 12.1. The molecular weight excluding hydrogens is 404 g/mol. The third-order valence-electron chi connectivity index (χ3n) is 4.15. The Hall–Kier alpha value is -1.62. The van der Waals surface area contributed by atoms with Gasteiger partial charge in [-0.15, -0.1) is 11.3 Å². The second kappa shape index (κ2) is 8.59. The van der Waals surface area contributed by atoms with Crippen LogP contribution in [0.25, 0.3) is 0 Å². The van der Waals surface area contributed by atoms with Crippen molar-refractivity contribution >= 4 is 50.4 Å². The molecule has 0 radical (unpaired) electrons. The number of benzene rings is 1. The van der Waals surface area contributed by atoms with E-state index in [9.17, 15) is 13.2 Å². The fourth-order valence-electron chi connectivity index (χ4n) is 2.76. The summed E-state index contributed by atoms with van der Waals surface area (Å²) in [6.07, 6.45) is 1.24. The standard InChI is InChI=1S/C17H22N4O3S3/c1-13-11-25-17(18-13)26-12-16(22)19-14-3-5-15(6-4-14)20-7-9-21(10-8-20)27(2,23)24/h3-6,11H,7-10,12H2,1-2H3,(H,19,22). The minimum absolute atomic E-state index is 0.0673. The van der Waals surface area contributed by atoms with Crippen molar-refractivity contribution in [1.82, 2.24) is 9.29 Å². The van der Waals surface area contributed by atoms with E-state index in [1.165, 1.54) is 22.3 Å². The van der Waals surface area contributed by atoms with Gasteiger partial charge in [0.15, 0.2) is 4.34 Å². The van der Waals surface area contributed by atoms with Crippen LogP contribution in [0.15, 0.2) is 34.0 Å². The van der Waals surface area contributed by atoms with Crippen molar-refractivity contribution < 1.29 is 13.2 Å². The molecule has 27 heavy (non-hydrogen) atoms. The number of amides is 1. The van der Waals surface area contributed by atoms with Gasteiger partial charge in [0.1, 0.15) is 0 Å². The molecule has 1 saturated heterocycles. The smallest absolute Gasteiger partial charge is 0.234 e. The van der Waals surface area contributed by atoms with Crippen LogP contribution in [0.4, 0.5) is 11.4 Å². The number of thioether (sulfide) groups is 1. The molecule has 10 heteroatoms. The summed E-state index contributed by atoms with van der Waals surface area (Å²) in [4.78, 5) is 18.6. The number of nitrogens with zero attached hydrogens (tertiary/aromatic N) is 3. The molecule has 1 aromatic heterocycles. The Morgan fingerprint density at radius 2 is 1.89 bits per heavy atom. The molecule has 0 saturated carbocycles. The Kier molecular flexibility index (Phi) is 6.40. The van der Waals surface area contributed by atoms with E-state index >= 15 is 0 Å². The second-order valence-electron chi connectivity index (χ2n) is 6.29. The molecule has 0 spiro atoms. The molecule has 1 aliphatic heterocycles. The number of sulfonamides is 1. The van der Waals surface area contributed by atoms with Gasteiger partial charge in [-0.3, -0.25) is 4.79 Å². The third kappa shape index (κ3) is 5.68. The van der Waals surface area contributed by atoms with Gasteiger partial charge in [0.25, 0.3) is 0 Å². The fourth-order valence-corrected chi connectivity index (χ4v) is 5.23. The number of nitrogens with one attached hydrogen (secondary N) is 1. The minimum atomic E-state index is -3.12. The molecule has 146 valence electrons. The van der Waals surface area contributed by atoms with Crippen molar-refractivity contribution in [2.24, 2.45) is 0 Å². The van der Waals surface area contributed by atoms with Gasteiger partial charge in [0.2, 0.25) is 15.9 Å². The van der Waals surface area contributed by atoms with Crippen LogP contribution in [-0.2, 0) is 14.8 Å². The van der Waals surface area contributed by atoms with E-state index in [1.807, 2.05) is 36.6 Å². The first-order chi connectivity index (χ1) is 12.8. The van der Waals surface area contributed by atoms with Crippen molar-refractivity contribution in [1.29, 1.82) is 0 Å². The zero-order chi connectivity index (χ0) is 19.4. The molecule has 0 atom stereocenters. The number of piperazine rings is 1. The van der Waals surface area contributed by atoms with Gasteiger partial charge in [-0.25, -0.2) is 13.4 Å². The Bertz CT molecular complexity index is 888. The average Bonchev–Trinajstić information content (AvgIpc) is 3.05. The Morgan fingerprint density at radius 1 is 1.22 bits per heavy atom. The zero-order valence-electron chi connectivity index (χ0n) is 15.2. The van der Waals surface area contributed by atoms with Crippen LogP contribution in [0.5, 0.6) is 0 Å². The highest BCUT2D eigenvalue weighted by Crippen LogP contribution is 2.23. The van der Waals surface area contributed by atoms with E-state index in [0.29, 0.717) is 31.9 Å². The molecule has 1 aliphatic rings. The first-order valence-electron chi connectivity index (χ1n) is 8.46. The topological polar surface area (TPSA) is 82.6 Å². The van der Waals surface area contributed by atoms with E-state index in [-0.39, 0.29) is 5.91 Å². The van der Waals surface area contributed by atoms with Gasteiger partial charge in [0, 0.05) is 48.6 Å². The van der Waals surface area contributed by atoms with Crippen LogP contribution >= 0.6 is 23.1 Å². The number of aromatic nitrogens is 1. The van der Waals surface area contributed by atoms with E-state index in [0.717, 1.165) is 21.4 Å². The summed E-state index contributed by atoms with van der Waals surface area (Å²) in [5.74, 6) is 0.254. The van der Waals surface area contributed by atoms with Crippen LogP contribution in [0.3, 0.4) is 0 Å². The molecule has 0 bridgehead atoms. The number of rotatable bonds is 6. The fraction of sp³-hybridized carbons (Fsp3) is 0.412. The molecule has 1 fully saturated rings. The molecule has 1 aromatic carbocycles. The van der Waals surface area contributed by atoms with Crippen LogP contribution < -0.4 is 10.2 Å².